The number of carbonyl (C=O) groups is 2. The number of aryl methyl sites for hydroxylation is 1. The molecule has 2 aromatic carbocycles. The lowest BCUT2D eigenvalue weighted by Gasteiger charge is -2.07. The van der Waals surface area contributed by atoms with Crippen LogP contribution in [0.15, 0.2) is 48.5 Å². The Morgan fingerprint density at radius 1 is 1.08 bits per heavy atom. The second-order valence-corrected chi connectivity index (χ2v) is 5.84. The first kappa shape index (κ1) is 16.7. The zero-order valence-electron chi connectivity index (χ0n) is 14.2. The molecule has 0 saturated heterocycles. The van der Waals surface area contributed by atoms with Crippen molar-refractivity contribution < 1.29 is 9.59 Å². The number of amides is 2. The summed E-state index contributed by atoms with van der Waals surface area (Å²) in [5, 5.41) is 5.57. The molecule has 1 heterocycles. The maximum absolute atomic E-state index is 12.2. The molecule has 0 radical (unpaired) electrons. The molecule has 0 aliphatic rings. The average molecular weight is 336 g/mol. The molecular formula is C19H20N4O2. The van der Waals surface area contributed by atoms with E-state index in [-0.39, 0.29) is 11.8 Å². The van der Waals surface area contributed by atoms with Crippen molar-refractivity contribution in [3.05, 3.63) is 59.9 Å². The van der Waals surface area contributed by atoms with Crippen molar-refractivity contribution in [2.45, 2.75) is 13.3 Å². The van der Waals surface area contributed by atoms with Crippen LogP contribution in [0.25, 0.3) is 11.0 Å². The highest BCUT2D eigenvalue weighted by atomic mass is 16.2. The Morgan fingerprint density at radius 2 is 1.80 bits per heavy atom. The second kappa shape index (κ2) is 7.17. The van der Waals surface area contributed by atoms with Gasteiger partial charge in [0.25, 0.3) is 5.91 Å². The summed E-state index contributed by atoms with van der Waals surface area (Å²) >= 11 is 0. The zero-order valence-corrected chi connectivity index (χ0v) is 14.2. The minimum Gasteiger partial charge on any atom is -0.352 e. The topological polar surface area (TPSA) is 76.0 Å². The summed E-state index contributed by atoms with van der Waals surface area (Å²) in [6.45, 7) is 1.95. The number of imidazole rings is 1. The smallest absolute Gasteiger partial charge is 0.251 e. The molecule has 6 heteroatoms. The Bertz CT molecular complexity index is 913. The van der Waals surface area contributed by atoms with Crippen LogP contribution in [-0.2, 0) is 18.3 Å². The molecule has 0 unspecified atom stereocenters. The van der Waals surface area contributed by atoms with Gasteiger partial charge in [-0.15, -0.1) is 0 Å². The summed E-state index contributed by atoms with van der Waals surface area (Å²) in [5.41, 5.74) is 3.26. The molecule has 1 aromatic heterocycles. The largest absolute Gasteiger partial charge is 0.352 e. The number of hydrogen-bond donors (Lipinski definition) is 2. The van der Waals surface area contributed by atoms with Crippen LogP contribution in [0, 0.1) is 0 Å². The number of para-hydroxylation sites is 2. The van der Waals surface area contributed by atoms with E-state index >= 15 is 0 Å². The molecule has 0 fully saturated rings. The Labute approximate surface area is 145 Å². The SMILES string of the molecule is CC(=O)Nc1ccc(C(=O)NCCc2nc3ccccc3n2C)cc1. The van der Waals surface area contributed by atoms with E-state index in [2.05, 4.69) is 15.6 Å². The van der Waals surface area contributed by atoms with Crippen LogP contribution in [0.5, 0.6) is 0 Å². The summed E-state index contributed by atoms with van der Waals surface area (Å²) in [6.07, 6.45) is 0.654. The number of carbonyl (C=O) groups excluding carboxylic acids is 2. The number of nitrogens with one attached hydrogen (secondary N) is 2. The Morgan fingerprint density at radius 3 is 2.48 bits per heavy atom. The highest BCUT2D eigenvalue weighted by molar-refractivity contribution is 5.95. The van der Waals surface area contributed by atoms with Crippen LogP contribution in [0.4, 0.5) is 5.69 Å². The van der Waals surface area contributed by atoms with Crippen molar-refractivity contribution in [2.75, 3.05) is 11.9 Å². The Balaban J connectivity index is 1.58. The van der Waals surface area contributed by atoms with Gasteiger partial charge in [-0.3, -0.25) is 9.59 Å². The van der Waals surface area contributed by atoms with Crippen LogP contribution in [-0.4, -0.2) is 27.9 Å². The van der Waals surface area contributed by atoms with Gasteiger partial charge in [-0.2, -0.15) is 0 Å². The molecule has 2 N–H and O–H groups in total. The molecule has 128 valence electrons. The fraction of sp³-hybridized carbons (Fsp3) is 0.211. The third kappa shape index (κ3) is 3.85. The highest BCUT2D eigenvalue weighted by Crippen LogP contribution is 2.14. The zero-order chi connectivity index (χ0) is 17.8. The number of nitrogens with zero attached hydrogens (tertiary/aromatic N) is 2. The molecule has 0 aliphatic heterocycles. The van der Waals surface area contributed by atoms with Gasteiger partial charge in [0.2, 0.25) is 5.91 Å². The fourth-order valence-corrected chi connectivity index (χ4v) is 2.72. The first-order chi connectivity index (χ1) is 12.0. The van der Waals surface area contributed by atoms with Gasteiger partial charge in [-0.05, 0) is 36.4 Å². The lowest BCUT2D eigenvalue weighted by molar-refractivity contribution is -0.114. The maximum Gasteiger partial charge on any atom is 0.251 e. The molecule has 0 saturated carbocycles. The first-order valence-electron chi connectivity index (χ1n) is 8.11. The molecule has 2 amide bonds. The predicted octanol–water partition coefficient (Wildman–Crippen LogP) is 2.50. The maximum atomic E-state index is 12.2. The van der Waals surface area contributed by atoms with Gasteiger partial charge < -0.3 is 15.2 Å². The van der Waals surface area contributed by atoms with Crippen molar-refractivity contribution in [2.24, 2.45) is 7.05 Å². The number of rotatable bonds is 5. The Hall–Kier alpha value is -3.15. The second-order valence-electron chi connectivity index (χ2n) is 5.84. The summed E-state index contributed by atoms with van der Waals surface area (Å²) in [4.78, 5) is 27.8. The van der Waals surface area contributed by atoms with E-state index in [0.717, 1.165) is 16.9 Å². The third-order valence-corrected chi connectivity index (χ3v) is 3.98. The molecule has 25 heavy (non-hydrogen) atoms. The van der Waals surface area contributed by atoms with E-state index < -0.39 is 0 Å². The van der Waals surface area contributed by atoms with E-state index in [4.69, 9.17) is 0 Å². The van der Waals surface area contributed by atoms with Crippen molar-refractivity contribution in [3.8, 4) is 0 Å². The summed E-state index contributed by atoms with van der Waals surface area (Å²) in [6, 6.07) is 14.8. The molecule has 0 aliphatic carbocycles. The number of anilines is 1. The van der Waals surface area contributed by atoms with Gasteiger partial charge in [0.1, 0.15) is 5.82 Å². The molecule has 3 rings (SSSR count). The lowest BCUT2D eigenvalue weighted by atomic mass is 10.2. The van der Waals surface area contributed by atoms with Gasteiger partial charge in [-0.1, -0.05) is 12.1 Å². The van der Waals surface area contributed by atoms with Crippen LogP contribution in [0.1, 0.15) is 23.1 Å². The minimum absolute atomic E-state index is 0.139. The summed E-state index contributed by atoms with van der Waals surface area (Å²) in [5.74, 6) is 0.648. The quantitative estimate of drug-likeness (QED) is 0.752. The van der Waals surface area contributed by atoms with Gasteiger partial charge in [0.15, 0.2) is 0 Å². The molecule has 3 aromatic rings. The number of benzene rings is 2. The average Bonchev–Trinajstić information content (AvgIpc) is 2.91. The van der Waals surface area contributed by atoms with Crippen molar-refractivity contribution >= 4 is 28.5 Å². The van der Waals surface area contributed by atoms with Gasteiger partial charge in [0.05, 0.1) is 11.0 Å². The lowest BCUT2D eigenvalue weighted by Crippen LogP contribution is -2.26. The summed E-state index contributed by atoms with van der Waals surface area (Å²) in [7, 11) is 1.98. The van der Waals surface area contributed by atoms with E-state index in [1.165, 1.54) is 6.92 Å². The Kier molecular flexibility index (Phi) is 4.79. The normalized spacial score (nSPS) is 10.6. The molecule has 0 atom stereocenters. The van der Waals surface area contributed by atoms with Gasteiger partial charge in [0, 0.05) is 38.2 Å². The van der Waals surface area contributed by atoms with Crippen molar-refractivity contribution in [1.82, 2.24) is 14.9 Å². The fourth-order valence-electron chi connectivity index (χ4n) is 2.72. The van der Waals surface area contributed by atoms with Crippen LogP contribution in [0.2, 0.25) is 0 Å². The van der Waals surface area contributed by atoms with E-state index in [1.807, 2.05) is 35.9 Å². The van der Waals surface area contributed by atoms with Crippen LogP contribution >= 0.6 is 0 Å². The van der Waals surface area contributed by atoms with Crippen LogP contribution < -0.4 is 10.6 Å². The minimum atomic E-state index is -0.145. The molecule has 6 nitrogen and oxygen atoms in total. The monoisotopic (exact) mass is 336 g/mol. The van der Waals surface area contributed by atoms with E-state index in [1.54, 1.807) is 24.3 Å². The van der Waals surface area contributed by atoms with Crippen molar-refractivity contribution in [1.29, 1.82) is 0 Å². The standard InChI is InChI=1S/C19H20N4O2/c1-13(24)21-15-9-7-14(8-10-15)19(25)20-12-11-18-22-16-5-3-4-6-17(16)23(18)2/h3-10H,11-12H2,1-2H3,(H,20,25)(H,21,24). The number of aromatic nitrogens is 2. The number of fused-ring (bicyclic) bond motifs is 1. The molecular weight excluding hydrogens is 316 g/mol. The van der Waals surface area contributed by atoms with E-state index in [9.17, 15) is 9.59 Å². The van der Waals surface area contributed by atoms with Gasteiger partial charge >= 0.3 is 0 Å². The molecule has 0 bridgehead atoms. The molecule has 0 spiro atoms. The van der Waals surface area contributed by atoms with Crippen LogP contribution in [0.3, 0.4) is 0 Å². The third-order valence-electron chi connectivity index (χ3n) is 3.98. The van der Waals surface area contributed by atoms with E-state index in [0.29, 0.717) is 24.2 Å². The predicted molar refractivity (Wildman–Crippen MR) is 97.5 cm³/mol. The van der Waals surface area contributed by atoms with Gasteiger partial charge in [-0.25, -0.2) is 4.98 Å². The summed E-state index contributed by atoms with van der Waals surface area (Å²) < 4.78 is 2.05. The number of hydrogen-bond acceptors (Lipinski definition) is 3. The van der Waals surface area contributed by atoms with Crippen molar-refractivity contribution in [3.63, 3.8) is 0 Å². The first-order valence-corrected chi connectivity index (χ1v) is 8.11. The highest BCUT2D eigenvalue weighted by Gasteiger charge is 2.09.